The van der Waals surface area contributed by atoms with Crippen LogP contribution in [0.5, 0.6) is 5.75 Å². The molecule has 1 saturated heterocycles. The van der Waals surface area contributed by atoms with Crippen LogP contribution in [0.3, 0.4) is 0 Å². The molecule has 6 nitrogen and oxygen atoms in total. The number of carbonyl (C=O) groups is 1. The average Bonchev–Trinajstić information content (AvgIpc) is 3.33. The van der Waals surface area contributed by atoms with Gasteiger partial charge in [0.1, 0.15) is 5.75 Å². The van der Waals surface area contributed by atoms with Gasteiger partial charge >= 0.3 is 6.09 Å². The lowest BCUT2D eigenvalue weighted by Gasteiger charge is -2.35. The van der Waals surface area contributed by atoms with E-state index in [-0.39, 0.29) is 0 Å². The number of benzene rings is 2. The number of nitrogens with zero attached hydrogens (tertiary/aromatic N) is 2. The molecule has 0 spiro atoms. The van der Waals surface area contributed by atoms with Crippen LogP contribution in [0, 0.1) is 0 Å². The number of nitrogens with one attached hydrogen (secondary N) is 1. The predicted molar refractivity (Wildman–Crippen MR) is 127 cm³/mol. The van der Waals surface area contributed by atoms with Gasteiger partial charge in [0.2, 0.25) is 0 Å². The van der Waals surface area contributed by atoms with E-state index in [0.29, 0.717) is 18.6 Å². The van der Waals surface area contributed by atoms with Crippen molar-refractivity contribution in [1.29, 1.82) is 0 Å². The summed E-state index contributed by atoms with van der Waals surface area (Å²) in [7, 11) is 3.34. The second kappa shape index (κ2) is 8.36. The van der Waals surface area contributed by atoms with Crippen LogP contribution in [0.25, 0.3) is 27.7 Å². The minimum atomic E-state index is -0.863. The summed E-state index contributed by atoms with van der Waals surface area (Å²) in [6, 6.07) is 17.8. The summed E-state index contributed by atoms with van der Waals surface area (Å²) in [5, 5.41) is 10.3. The van der Waals surface area contributed by atoms with Gasteiger partial charge < -0.3 is 19.7 Å². The zero-order chi connectivity index (χ0) is 22.2. The van der Waals surface area contributed by atoms with E-state index in [1.807, 2.05) is 18.2 Å². The van der Waals surface area contributed by atoms with E-state index >= 15 is 0 Å². The van der Waals surface area contributed by atoms with Crippen molar-refractivity contribution >= 4 is 22.6 Å². The fraction of sp³-hybridized carbons (Fsp3) is 0.346. The lowest BCUT2D eigenvalue weighted by molar-refractivity contribution is 0.140. The summed E-state index contributed by atoms with van der Waals surface area (Å²) < 4.78 is 5.53. The molecule has 2 aliphatic rings. The van der Waals surface area contributed by atoms with E-state index in [4.69, 9.17) is 9.84 Å². The summed E-state index contributed by atoms with van der Waals surface area (Å²) >= 11 is 0. The van der Waals surface area contributed by atoms with E-state index in [1.165, 1.54) is 27.8 Å². The monoisotopic (exact) mass is 431 g/mol. The number of para-hydroxylation sites is 1. The number of methoxy groups -OCH3 is 1. The molecular weight excluding hydrogens is 402 g/mol. The molecule has 3 aromatic rings. The first-order valence-corrected chi connectivity index (χ1v) is 11.2. The number of likely N-dealkylation sites (N-methyl/N-ethyl adjacent to an activating group) is 1. The molecular formula is C26H29N3O3. The molecule has 0 saturated carbocycles. The second-order valence-corrected chi connectivity index (χ2v) is 8.82. The zero-order valence-corrected chi connectivity index (χ0v) is 18.5. The fourth-order valence-electron chi connectivity index (χ4n) is 5.19. The molecule has 1 fully saturated rings. The third kappa shape index (κ3) is 3.75. The van der Waals surface area contributed by atoms with Gasteiger partial charge in [-0.05, 0) is 60.7 Å². The molecule has 6 heteroatoms. The third-order valence-corrected chi connectivity index (χ3v) is 6.95. The molecule has 5 rings (SSSR count). The van der Waals surface area contributed by atoms with Crippen molar-refractivity contribution in [2.45, 2.75) is 31.3 Å². The Bertz CT molecular complexity index is 1180. The first kappa shape index (κ1) is 20.6. The van der Waals surface area contributed by atoms with Crippen LogP contribution < -0.4 is 4.74 Å². The molecule has 2 aliphatic heterocycles. The van der Waals surface area contributed by atoms with E-state index in [0.717, 1.165) is 41.9 Å². The molecule has 2 bridgehead atoms. The van der Waals surface area contributed by atoms with Crippen LogP contribution in [0.4, 0.5) is 4.79 Å². The summed E-state index contributed by atoms with van der Waals surface area (Å²) in [5.74, 6) is 0.861. The van der Waals surface area contributed by atoms with Crippen molar-refractivity contribution in [1.82, 2.24) is 14.8 Å². The highest BCUT2D eigenvalue weighted by molar-refractivity contribution is 5.90. The predicted octanol–water partition coefficient (Wildman–Crippen LogP) is 5.07. The van der Waals surface area contributed by atoms with E-state index in [1.54, 1.807) is 14.2 Å². The number of hydrogen-bond donors (Lipinski definition) is 2. The Kier molecular flexibility index (Phi) is 5.39. The van der Waals surface area contributed by atoms with Gasteiger partial charge in [-0.2, -0.15) is 0 Å². The van der Waals surface area contributed by atoms with Gasteiger partial charge in [0, 0.05) is 48.7 Å². The van der Waals surface area contributed by atoms with Crippen molar-refractivity contribution in [3.05, 3.63) is 60.2 Å². The maximum Gasteiger partial charge on any atom is 0.407 e. The molecule has 166 valence electrons. The Hall–Kier alpha value is -3.25. The van der Waals surface area contributed by atoms with Crippen LogP contribution in [-0.2, 0) is 0 Å². The Morgan fingerprint density at radius 1 is 1.22 bits per heavy atom. The van der Waals surface area contributed by atoms with Gasteiger partial charge in [-0.3, -0.25) is 4.90 Å². The Morgan fingerprint density at radius 3 is 2.84 bits per heavy atom. The largest absolute Gasteiger partial charge is 0.496 e. The van der Waals surface area contributed by atoms with Gasteiger partial charge in [-0.25, -0.2) is 4.79 Å². The lowest BCUT2D eigenvalue weighted by Crippen LogP contribution is -2.43. The normalized spacial score (nSPS) is 20.4. The number of rotatable bonds is 6. The molecule has 2 atom stereocenters. The molecule has 0 aliphatic carbocycles. The molecule has 2 N–H and O–H groups in total. The number of carboxylic acid groups (broad SMARTS) is 1. The molecule has 2 aromatic carbocycles. The Labute approximate surface area is 188 Å². The van der Waals surface area contributed by atoms with Gasteiger partial charge in [-0.1, -0.05) is 24.3 Å². The number of hydrogen-bond acceptors (Lipinski definition) is 3. The second-order valence-electron chi connectivity index (χ2n) is 8.82. The van der Waals surface area contributed by atoms with Gasteiger partial charge in [0.05, 0.1) is 12.8 Å². The van der Waals surface area contributed by atoms with Crippen LogP contribution in [0.2, 0.25) is 0 Å². The van der Waals surface area contributed by atoms with Gasteiger partial charge in [-0.15, -0.1) is 0 Å². The zero-order valence-electron chi connectivity index (χ0n) is 18.5. The topological polar surface area (TPSA) is 68.8 Å². The molecule has 32 heavy (non-hydrogen) atoms. The number of fused-ring (bicyclic) bond motifs is 3. The van der Waals surface area contributed by atoms with E-state index in [9.17, 15) is 4.79 Å². The number of amides is 1. The maximum atomic E-state index is 11.1. The molecule has 3 heterocycles. The van der Waals surface area contributed by atoms with Crippen molar-refractivity contribution < 1.29 is 14.6 Å². The summed E-state index contributed by atoms with van der Waals surface area (Å²) in [6.07, 6.45) is 4.88. The third-order valence-electron chi connectivity index (χ3n) is 6.95. The maximum absolute atomic E-state index is 11.1. The SMILES string of the molecule is COc1ccccc1-c1cc2cc(C3=CC4CCC(C3)N4CCN(C)C(=O)O)ccc2[nH]1. The minimum Gasteiger partial charge on any atom is -0.496 e. The van der Waals surface area contributed by atoms with Crippen LogP contribution in [-0.4, -0.2) is 65.3 Å². The summed E-state index contributed by atoms with van der Waals surface area (Å²) in [6.45, 7) is 1.34. The number of aromatic nitrogens is 1. The number of H-pyrrole nitrogens is 1. The highest BCUT2D eigenvalue weighted by Gasteiger charge is 2.36. The van der Waals surface area contributed by atoms with E-state index in [2.05, 4.69) is 46.3 Å². The summed E-state index contributed by atoms with van der Waals surface area (Å²) in [5.41, 5.74) is 5.92. The van der Waals surface area contributed by atoms with Gasteiger partial charge in [0.15, 0.2) is 0 Å². The number of ether oxygens (including phenoxy) is 1. The van der Waals surface area contributed by atoms with Crippen LogP contribution in [0.1, 0.15) is 24.8 Å². The highest BCUT2D eigenvalue weighted by Crippen LogP contribution is 2.39. The van der Waals surface area contributed by atoms with Crippen molar-refractivity contribution in [3.8, 4) is 17.0 Å². The van der Waals surface area contributed by atoms with E-state index < -0.39 is 6.09 Å². The lowest BCUT2D eigenvalue weighted by atomic mass is 9.94. The summed E-state index contributed by atoms with van der Waals surface area (Å²) in [4.78, 5) is 18.5. The molecule has 1 amide bonds. The van der Waals surface area contributed by atoms with Crippen molar-refractivity contribution in [3.63, 3.8) is 0 Å². The van der Waals surface area contributed by atoms with Crippen molar-refractivity contribution in [2.75, 3.05) is 27.2 Å². The van der Waals surface area contributed by atoms with Crippen LogP contribution in [0.15, 0.2) is 54.6 Å². The molecule has 2 unspecified atom stereocenters. The van der Waals surface area contributed by atoms with Crippen molar-refractivity contribution in [2.24, 2.45) is 0 Å². The smallest absolute Gasteiger partial charge is 0.407 e. The first-order chi connectivity index (χ1) is 15.5. The molecule has 1 aromatic heterocycles. The fourth-order valence-corrected chi connectivity index (χ4v) is 5.19. The van der Waals surface area contributed by atoms with Crippen LogP contribution >= 0.6 is 0 Å². The first-order valence-electron chi connectivity index (χ1n) is 11.2. The van der Waals surface area contributed by atoms with Gasteiger partial charge in [0.25, 0.3) is 0 Å². The Morgan fingerprint density at radius 2 is 2.06 bits per heavy atom. The Balaban J connectivity index is 1.38. The standard InChI is InChI=1S/C26H29N3O3/c1-28(26(30)31)11-12-29-20-8-9-21(29)15-18(14-20)17-7-10-23-19(13-17)16-24(27-23)22-5-3-4-6-25(22)32-2/h3-7,10,13-14,16,20-21,27H,8-9,11-12,15H2,1-2H3,(H,30,31). The quantitative estimate of drug-likeness (QED) is 0.572. The number of aromatic amines is 1. The molecule has 0 radical (unpaired) electrons. The minimum absolute atomic E-state index is 0.400. The average molecular weight is 432 g/mol. The highest BCUT2D eigenvalue weighted by atomic mass is 16.5.